The van der Waals surface area contributed by atoms with Crippen LogP contribution in [-0.2, 0) is 24.4 Å². The summed E-state index contributed by atoms with van der Waals surface area (Å²) < 4.78 is 7.89. The first kappa shape index (κ1) is 20.2. The lowest BCUT2D eigenvalue weighted by Gasteiger charge is -2.21. The minimum Gasteiger partial charge on any atom is -0.489 e. The van der Waals surface area contributed by atoms with Crippen LogP contribution < -0.4 is 10.1 Å². The van der Waals surface area contributed by atoms with Gasteiger partial charge in [-0.05, 0) is 18.6 Å². The van der Waals surface area contributed by atoms with Crippen LogP contribution in [0, 0.1) is 0 Å². The second-order valence-corrected chi connectivity index (χ2v) is 7.83. The molecule has 30 heavy (non-hydrogen) atoms. The first-order valence-corrected chi connectivity index (χ1v) is 10.4. The fourth-order valence-electron chi connectivity index (χ4n) is 3.75. The summed E-state index contributed by atoms with van der Waals surface area (Å²) >= 11 is 0. The first-order chi connectivity index (χ1) is 14.7. The lowest BCUT2D eigenvalue weighted by Crippen LogP contribution is -2.34. The molecular weight excluding hydrogens is 376 g/mol. The van der Waals surface area contributed by atoms with Crippen LogP contribution >= 0.6 is 0 Å². The zero-order valence-corrected chi connectivity index (χ0v) is 17.3. The smallest absolute Gasteiger partial charge is 0.221 e. The highest BCUT2D eigenvalue weighted by atomic mass is 16.5. The number of para-hydroxylation sites is 1. The van der Waals surface area contributed by atoms with Crippen LogP contribution in [0.5, 0.6) is 5.75 Å². The number of hydrogen-bond donors (Lipinski definition) is 1. The maximum atomic E-state index is 12.4. The van der Waals surface area contributed by atoms with E-state index in [0.717, 1.165) is 30.9 Å². The molecule has 6 nitrogen and oxygen atoms in total. The van der Waals surface area contributed by atoms with E-state index >= 15 is 0 Å². The van der Waals surface area contributed by atoms with Crippen molar-refractivity contribution < 1.29 is 9.53 Å². The Kier molecular flexibility index (Phi) is 6.44. The Morgan fingerprint density at radius 3 is 2.80 bits per heavy atom. The number of aromatic nitrogens is 2. The maximum Gasteiger partial charge on any atom is 0.221 e. The van der Waals surface area contributed by atoms with Gasteiger partial charge in [-0.1, -0.05) is 48.5 Å². The van der Waals surface area contributed by atoms with Crippen molar-refractivity contribution in [3.05, 3.63) is 83.7 Å². The van der Waals surface area contributed by atoms with Crippen molar-refractivity contribution in [2.24, 2.45) is 0 Å². The predicted octanol–water partition coefficient (Wildman–Crippen LogP) is 3.22. The summed E-state index contributed by atoms with van der Waals surface area (Å²) in [6, 6.07) is 18.3. The minimum atomic E-state index is 0.0527. The molecule has 0 unspecified atom stereocenters. The Morgan fingerprint density at radius 1 is 1.13 bits per heavy atom. The third kappa shape index (κ3) is 5.48. The lowest BCUT2D eigenvalue weighted by molar-refractivity contribution is -0.121. The molecule has 2 aromatic carbocycles. The molecule has 1 amide bonds. The van der Waals surface area contributed by atoms with Crippen LogP contribution in [0.3, 0.4) is 0 Å². The molecule has 1 N–H and O–H groups in total. The highest BCUT2D eigenvalue weighted by Crippen LogP contribution is 2.24. The number of carbonyl (C=O) groups is 1. The van der Waals surface area contributed by atoms with Crippen molar-refractivity contribution in [2.45, 2.75) is 39.1 Å². The normalized spacial score (nSPS) is 16.4. The van der Waals surface area contributed by atoms with E-state index in [-0.39, 0.29) is 12.0 Å². The van der Waals surface area contributed by atoms with Gasteiger partial charge in [-0.3, -0.25) is 14.4 Å². The fraction of sp³-hybridized carbons (Fsp3) is 0.333. The Morgan fingerprint density at radius 2 is 1.93 bits per heavy atom. The van der Waals surface area contributed by atoms with Gasteiger partial charge in [0.15, 0.2) is 0 Å². The first-order valence-electron chi connectivity index (χ1n) is 10.4. The Bertz CT molecular complexity index is 970. The molecule has 0 saturated carbocycles. The fourth-order valence-corrected chi connectivity index (χ4v) is 3.75. The molecule has 0 bridgehead atoms. The number of carbonyl (C=O) groups excluding carboxylic acids is 1. The Labute approximate surface area is 177 Å². The van der Waals surface area contributed by atoms with Crippen LogP contribution in [0.2, 0.25) is 0 Å². The molecule has 1 aliphatic heterocycles. The molecule has 1 aliphatic rings. The molecule has 2 heterocycles. The summed E-state index contributed by atoms with van der Waals surface area (Å²) in [5.74, 6) is 1.00. The Balaban J connectivity index is 1.24. The summed E-state index contributed by atoms with van der Waals surface area (Å²) in [7, 11) is 0. The second-order valence-electron chi connectivity index (χ2n) is 7.83. The number of rotatable bonds is 7. The molecule has 6 heteroatoms. The molecule has 1 atom stereocenters. The molecule has 3 aromatic rings. The average molecular weight is 405 g/mol. The summed E-state index contributed by atoms with van der Waals surface area (Å²) in [6.07, 6.45) is 4.37. The van der Waals surface area contributed by atoms with E-state index in [2.05, 4.69) is 40.4 Å². The number of amides is 1. The van der Waals surface area contributed by atoms with Gasteiger partial charge in [-0.15, -0.1) is 0 Å². The van der Waals surface area contributed by atoms with Gasteiger partial charge >= 0.3 is 0 Å². The van der Waals surface area contributed by atoms with Crippen molar-refractivity contribution in [1.29, 1.82) is 0 Å². The van der Waals surface area contributed by atoms with Crippen molar-refractivity contribution in [2.75, 3.05) is 13.1 Å². The monoisotopic (exact) mass is 404 g/mol. The third-order valence-corrected chi connectivity index (χ3v) is 5.23. The Hall–Kier alpha value is -3.12. The van der Waals surface area contributed by atoms with Gasteiger partial charge < -0.3 is 10.1 Å². The zero-order valence-electron chi connectivity index (χ0n) is 17.3. The molecule has 0 radical (unpaired) electrons. The average Bonchev–Trinajstić information content (AvgIpc) is 3.12. The highest BCUT2D eigenvalue weighted by Gasteiger charge is 2.20. The van der Waals surface area contributed by atoms with E-state index in [1.165, 1.54) is 11.1 Å². The largest absolute Gasteiger partial charge is 0.489 e. The number of hydrogen-bond acceptors (Lipinski definition) is 4. The van der Waals surface area contributed by atoms with Crippen LogP contribution in [0.15, 0.2) is 67.0 Å². The lowest BCUT2D eigenvalue weighted by atomic mass is 10.2. The van der Waals surface area contributed by atoms with Crippen LogP contribution in [0.1, 0.15) is 30.0 Å². The molecule has 0 saturated heterocycles. The minimum absolute atomic E-state index is 0.0527. The van der Waals surface area contributed by atoms with Crippen LogP contribution in [-0.4, -0.2) is 39.8 Å². The van der Waals surface area contributed by atoms with Gasteiger partial charge in [0, 0.05) is 49.9 Å². The quantitative estimate of drug-likeness (QED) is 0.657. The molecule has 156 valence electrons. The van der Waals surface area contributed by atoms with E-state index in [4.69, 9.17) is 4.74 Å². The van der Waals surface area contributed by atoms with Gasteiger partial charge in [0.05, 0.1) is 12.7 Å². The van der Waals surface area contributed by atoms with E-state index in [0.29, 0.717) is 19.5 Å². The highest BCUT2D eigenvalue weighted by molar-refractivity contribution is 5.76. The molecule has 1 aromatic heterocycles. The van der Waals surface area contributed by atoms with Crippen LogP contribution in [0.25, 0.3) is 0 Å². The van der Waals surface area contributed by atoms with Gasteiger partial charge in [-0.2, -0.15) is 5.10 Å². The summed E-state index contributed by atoms with van der Waals surface area (Å²) in [6.45, 7) is 5.62. The standard InChI is InChI=1S/C24H28N4O2/c1-19-15-27(18-22-9-5-6-10-23(22)30-19)12-11-24(29)25-13-21-14-26-28(17-21)16-20-7-3-2-4-8-20/h2-10,14,17,19H,11-13,15-16,18H2,1H3,(H,25,29)/t19-/m1/s1. The topological polar surface area (TPSA) is 59.4 Å². The molecule has 0 fully saturated rings. The number of nitrogens with zero attached hydrogens (tertiary/aromatic N) is 3. The second kappa shape index (κ2) is 9.59. The number of fused-ring (bicyclic) bond motifs is 1. The van der Waals surface area contributed by atoms with E-state index in [9.17, 15) is 4.79 Å². The van der Waals surface area contributed by atoms with Gasteiger partial charge in [0.1, 0.15) is 11.9 Å². The molecular formula is C24H28N4O2. The van der Waals surface area contributed by atoms with Crippen molar-refractivity contribution in [3.8, 4) is 5.75 Å². The summed E-state index contributed by atoms with van der Waals surface area (Å²) in [5.41, 5.74) is 3.38. The van der Waals surface area contributed by atoms with E-state index in [1.54, 1.807) is 0 Å². The summed E-state index contributed by atoms with van der Waals surface area (Å²) in [5, 5.41) is 7.40. The van der Waals surface area contributed by atoms with E-state index in [1.807, 2.05) is 53.5 Å². The SMILES string of the molecule is C[C@@H]1CN(CCC(=O)NCc2cnn(Cc3ccccc3)c2)Cc2ccccc2O1. The number of benzene rings is 2. The van der Waals surface area contributed by atoms with E-state index < -0.39 is 0 Å². The van der Waals surface area contributed by atoms with Crippen molar-refractivity contribution >= 4 is 5.91 Å². The summed E-state index contributed by atoms with van der Waals surface area (Å²) in [4.78, 5) is 14.7. The van der Waals surface area contributed by atoms with Gasteiger partial charge in [0.25, 0.3) is 0 Å². The van der Waals surface area contributed by atoms with Crippen molar-refractivity contribution in [1.82, 2.24) is 20.0 Å². The zero-order chi connectivity index (χ0) is 20.8. The third-order valence-electron chi connectivity index (χ3n) is 5.23. The molecule has 0 spiro atoms. The van der Waals surface area contributed by atoms with Gasteiger partial charge in [-0.25, -0.2) is 0 Å². The predicted molar refractivity (Wildman–Crippen MR) is 116 cm³/mol. The molecule has 4 rings (SSSR count). The van der Waals surface area contributed by atoms with Crippen LogP contribution in [0.4, 0.5) is 0 Å². The maximum absolute atomic E-state index is 12.4. The number of nitrogens with one attached hydrogen (secondary N) is 1. The van der Waals surface area contributed by atoms with Gasteiger partial charge in [0.2, 0.25) is 5.91 Å². The van der Waals surface area contributed by atoms with Crippen molar-refractivity contribution in [3.63, 3.8) is 0 Å². The number of ether oxygens (including phenoxy) is 1. The molecule has 0 aliphatic carbocycles.